The van der Waals surface area contributed by atoms with Crippen LogP contribution in [0.3, 0.4) is 0 Å². The first-order valence-electron chi connectivity index (χ1n) is 9.74. The van der Waals surface area contributed by atoms with Gasteiger partial charge < -0.3 is 14.2 Å². The number of ether oxygens (including phenoxy) is 3. The lowest BCUT2D eigenvalue weighted by atomic mass is 9.68. The Morgan fingerprint density at radius 2 is 2.00 bits per heavy atom. The topological polar surface area (TPSA) is 51.5 Å². The summed E-state index contributed by atoms with van der Waals surface area (Å²) in [6.07, 6.45) is 1.93. The van der Waals surface area contributed by atoms with E-state index in [1.165, 1.54) is 6.07 Å². The van der Waals surface area contributed by atoms with Crippen molar-refractivity contribution in [1.82, 2.24) is 0 Å². The summed E-state index contributed by atoms with van der Waals surface area (Å²) in [6.45, 7) is 1.11. The first-order chi connectivity index (χ1) is 13.7. The zero-order valence-corrected chi connectivity index (χ0v) is 15.9. The summed E-state index contributed by atoms with van der Waals surface area (Å²) in [7, 11) is 1.66. The lowest BCUT2D eigenvalue weighted by Gasteiger charge is -2.37. The van der Waals surface area contributed by atoms with Gasteiger partial charge in [0.2, 0.25) is 0 Å². The van der Waals surface area contributed by atoms with E-state index in [0.717, 1.165) is 35.3 Å². The zero-order chi connectivity index (χ0) is 19.5. The van der Waals surface area contributed by atoms with Crippen LogP contribution in [0.1, 0.15) is 29.0 Å². The number of fused-ring (bicyclic) bond motifs is 1. The molecule has 2 aliphatic rings. The Labute approximate surface area is 164 Å². The summed E-state index contributed by atoms with van der Waals surface area (Å²) in [5.74, 6) is 0.362. The summed E-state index contributed by atoms with van der Waals surface area (Å²) < 4.78 is 30.9. The number of nitrogens with zero attached hydrogens (tertiary/aromatic N) is 1. The molecule has 0 saturated carbocycles. The van der Waals surface area contributed by atoms with Gasteiger partial charge in [0.15, 0.2) is 6.29 Å². The molecule has 3 unspecified atom stereocenters. The highest BCUT2D eigenvalue weighted by Gasteiger charge is 2.41. The van der Waals surface area contributed by atoms with Crippen molar-refractivity contribution in [1.29, 1.82) is 5.26 Å². The Bertz CT molecular complexity index is 872. The highest BCUT2D eigenvalue weighted by molar-refractivity contribution is 5.46. The molecule has 4 nitrogen and oxygen atoms in total. The highest BCUT2D eigenvalue weighted by atomic mass is 19.1. The van der Waals surface area contributed by atoms with Crippen molar-refractivity contribution >= 4 is 0 Å². The molecular weight excluding hydrogens is 357 g/mol. The Morgan fingerprint density at radius 1 is 1.21 bits per heavy atom. The second-order valence-corrected chi connectivity index (χ2v) is 7.45. The van der Waals surface area contributed by atoms with Crippen LogP contribution < -0.4 is 4.74 Å². The molecule has 2 aromatic rings. The first kappa shape index (κ1) is 18.9. The van der Waals surface area contributed by atoms with E-state index < -0.39 is 0 Å². The van der Waals surface area contributed by atoms with E-state index >= 15 is 0 Å². The molecule has 0 N–H and O–H groups in total. The molecule has 1 fully saturated rings. The third-order valence-corrected chi connectivity index (χ3v) is 5.93. The molecule has 0 amide bonds. The lowest BCUT2D eigenvalue weighted by Crippen LogP contribution is -2.36. The van der Waals surface area contributed by atoms with Crippen LogP contribution in [0.4, 0.5) is 4.39 Å². The molecule has 1 heterocycles. The van der Waals surface area contributed by atoms with Crippen LogP contribution in [0.5, 0.6) is 5.75 Å². The predicted octanol–water partition coefficient (Wildman–Crippen LogP) is 4.24. The maximum Gasteiger partial charge on any atom is 0.161 e. The normalized spacial score (nSPS) is 23.0. The van der Waals surface area contributed by atoms with Crippen molar-refractivity contribution in [3.63, 3.8) is 0 Å². The average Bonchev–Trinajstić information content (AvgIpc) is 3.25. The van der Waals surface area contributed by atoms with Gasteiger partial charge in [0, 0.05) is 5.92 Å². The summed E-state index contributed by atoms with van der Waals surface area (Å²) in [6, 6.07) is 15.1. The van der Waals surface area contributed by atoms with Crippen molar-refractivity contribution in [2.24, 2.45) is 11.8 Å². The molecule has 0 bridgehead atoms. The maximum atomic E-state index is 13.7. The number of benzene rings is 2. The Balaban J connectivity index is 1.68. The quantitative estimate of drug-likeness (QED) is 0.778. The van der Waals surface area contributed by atoms with E-state index in [-0.39, 0.29) is 29.9 Å². The van der Waals surface area contributed by atoms with Gasteiger partial charge >= 0.3 is 0 Å². The number of methoxy groups -OCH3 is 1. The van der Waals surface area contributed by atoms with Crippen LogP contribution in [-0.4, -0.2) is 26.6 Å². The van der Waals surface area contributed by atoms with Crippen molar-refractivity contribution in [3.05, 3.63) is 65.0 Å². The van der Waals surface area contributed by atoms with Crippen molar-refractivity contribution < 1.29 is 18.6 Å². The fourth-order valence-corrected chi connectivity index (χ4v) is 4.68. The van der Waals surface area contributed by atoms with E-state index in [0.29, 0.717) is 19.6 Å². The number of halogens is 1. The SMILES string of the molecule is COc1cccc2c1CCC(C(Cc1cccc(F)c1)C1OCCO1)C2C#N. The Hall–Kier alpha value is -2.42. The first-order valence-corrected chi connectivity index (χ1v) is 9.74. The fourth-order valence-electron chi connectivity index (χ4n) is 4.68. The molecule has 0 aromatic heterocycles. The predicted molar refractivity (Wildman–Crippen MR) is 102 cm³/mol. The number of nitriles is 1. The van der Waals surface area contributed by atoms with Gasteiger partial charge in [0.1, 0.15) is 11.6 Å². The monoisotopic (exact) mass is 381 g/mol. The molecule has 1 saturated heterocycles. The van der Waals surface area contributed by atoms with Gasteiger partial charge in [-0.2, -0.15) is 5.26 Å². The number of hydrogen-bond acceptors (Lipinski definition) is 4. The minimum Gasteiger partial charge on any atom is -0.496 e. The van der Waals surface area contributed by atoms with Gasteiger partial charge in [-0.3, -0.25) is 0 Å². The van der Waals surface area contributed by atoms with Crippen LogP contribution in [-0.2, 0) is 22.3 Å². The van der Waals surface area contributed by atoms with E-state index in [1.807, 2.05) is 24.3 Å². The summed E-state index contributed by atoms with van der Waals surface area (Å²) >= 11 is 0. The molecule has 5 heteroatoms. The summed E-state index contributed by atoms with van der Waals surface area (Å²) in [4.78, 5) is 0. The highest BCUT2D eigenvalue weighted by Crippen LogP contribution is 2.45. The molecule has 1 aliphatic heterocycles. The molecular formula is C23H24FNO3. The Kier molecular flexibility index (Phi) is 5.61. The summed E-state index contributed by atoms with van der Waals surface area (Å²) in [5.41, 5.74) is 3.04. The number of hydrogen-bond donors (Lipinski definition) is 0. The van der Waals surface area contributed by atoms with E-state index in [9.17, 15) is 9.65 Å². The van der Waals surface area contributed by atoms with E-state index in [4.69, 9.17) is 14.2 Å². The fraction of sp³-hybridized carbons (Fsp3) is 0.435. The van der Waals surface area contributed by atoms with Gasteiger partial charge in [0.05, 0.1) is 32.3 Å². The second-order valence-electron chi connectivity index (χ2n) is 7.45. The van der Waals surface area contributed by atoms with Crippen LogP contribution >= 0.6 is 0 Å². The Morgan fingerprint density at radius 3 is 2.71 bits per heavy atom. The molecule has 28 heavy (non-hydrogen) atoms. The second kappa shape index (κ2) is 8.30. The molecule has 0 radical (unpaired) electrons. The summed E-state index contributed by atoms with van der Waals surface area (Å²) in [5, 5.41) is 10.0. The van der Waals surface area contributed by atoms with Gasteiger partial charge in [-0.15, -0.1) is 0 Å². The largest absolute Gasteiger partial charge is 0.496 e. The van der Waals surface area contributed by atoms with Crippen LogP contribution in [0.25, 0.3) is 0 Å². The zero-order valence-electron chi connectivity index (χ0n) is 15.9. The molecule has 1 aliphatic carbocycles. The van der Waals surface area contributed by atoms with E-state index in [2.05, 4.69) is 6.07 Å². The van der Waals surface area contributed by atoms with Crippen LogP contribution in [0, 0.1) is 29.0 Å². The number of rotatable bonds is 5. The van der Waals surface area contributed by atoms with Gasteiger partial charge in [-0.05, 0) is 60.1 Å². The average molecular weight is 381 g/mol. The lowest BCUT2D eigenvalue weighted by molar-refractivity contribution is -0.102. The maximum absolute atomic E-state index is 13.7. The van der Waals surface area contributed by atoms with Crippen molar-refractivity contribution in [2.75, 3.05) is 20.3 Å². The van der Waals surface area contributed by atoms with Gasteiger partial charge in [0.25, 0.3) is 0 Å². The van der Waals surface area contributed by atoms with Crippen molar-refractivity contribution in [3.8, 4) is 11.8 Å². The van der Waals surface area contributed by atoms with E-state index in [1.54, 1.807) is 19.2 Å². The molecule has 146 valence electrons. The third kappa shape index (κ3) is 3.63. The van der Waals surface area contributed by atoms with Gasteiger partial charge in [-0.1, -0.05) is 24.3 Å². The molecule has 4 rings (SSSR count). The minimum absolute atomic E-state index is 0.0201. The van der Waals surface area contributed by atoms with Crippen molar-refractivity contribution in [2.45, 2.75) is 31.5 Å². The standard InChI is InChI=1S/C23H24FNO3/c1-26-22-7-3-6-17-19(22)9-8-18(21(17)14-25)20(23-27-10-11-28-23)13-15-4-2-5-16(24)12-15/h2-7,12,18,20-21,23H,8-11,13H2,1H3. The van der Waals surface area contributed by atoms with Gasteiger partial charge in [-0.25, -0.2) is 4.39 Å². The molecule has 0 spiro atoms. The van der Waals surface area contributed by atoms with Crippen LogP contribution in [0.2, 0.25) is 0 Å². The minimum atomic E-state index is -0.365. The smallest absolute Gasteiger partial charge is 0.161 e. The third-order valence-electron chi connectivity index (χ3n) is 5.93. The molecule has 3 atom stereocenters. The van der Waals surface area contributed by atoms with Crippen LogP contribution in [0.15, 0.2) is 42.5 Å². The molecule has 2 aromatic carbocycles.